The molecule has 0 aliphatic heterocycles. The first-order valence-corrected chi connectivity index (χ1v) is 10.5. The summed E-state index contributed by atoms with van der Waals surface area (Å²) in [5.41, 5.74) is 0.948. The van der Waals surface area contributed by atoms with Crippen LogP contribution in [-0.2, 0) is 14.2 Å². The van der Waals surface area contributed by atoms with E-state index in [4.69, 9.17) is 18.9 Å². The largest absolute Gasteiger partial charge is 0.491 e. The second-order valence-electron chi connectivity index (χ2n) is 7.40. The highest BCUT2D eigenvalue weighted by Gasteiger charge is 2.02. The third-order valence-corrected chi connectivity index (χ3v) is 3.63. The van der Waals surface area contributed by atoms with E-state index in [1.54, 1.807) is 7.11 Å². The predicted octanol–water partition coefficient (Wildman–Crippen LogP) is 4.18. The molecule has 174 valence electrons. The van der Waals surface area contributed by atoms with Gasteiger partial charge in [-0.3, -0.25) is 4.99 Å². The lowest BCUT2D eigenvalue weighted by molar-refractivity contribution is 0.0734. The molecular weight excluding hydrogens is 497 g/mol. The maximum Gasteiger partial charge on any atom is 0.195 e. The van der Waals surface area contributed by atoms with Crippen LogP contribution in [0.3, 0.4) is 0 Å². The average molecular weight is 537 g/mol. The highest BCUT2D eigenvalue weighted by Crippen LogP contribution is 2.16. The van der Waals surface area contributed by atoms with Crippen LogP contribution in [0.2, 0.25) is 0 Å². The fourth-order valence-corrected chi connectivity index (χ4v) is 2.33. The molecule has 2 N–H and O–H groups in total. The Morgan fingerprint density at radius 3 is 2.33 bits per heavy atom. The van der Waals surface area contributed by atoms with E-state index < -0.39 is 0 Å². The molecule has 1 aromatic carbocycles. The molecule has 0 unspecified atom stereocenters. The Balaban J connectivity index is 0.00000841. The first-order valence-electron chi connectivity index (χ1n) is 10.5. The molecule has 0 fully saturated rings. The monoisotopic (exact) mass is 537 g/mol. The van der Waals surface area contributed by atoms with Gasteiger partial charge in [-0.25, -0.2) is 0 Å². The van der Waals surface area contributed by atoms with Crippen molar-refractivity contribution in [1.82, 2.24) is 5.32 Å². The summed E-state index contributed by atoms with van der Waals surface area (Å²) < 4.78 is 21.8. The van der Waals surface area contributed by atoms with E-state index >= 15 is 0 Å². The van der Waals surface area contributed by atoms with E-state index in [2.05, 4.69) is 29.5 Å². The smallest absolute Gasteiger partial charge is 0.195 e. The van der Waals surface area contributed by atoms with Crippen LogP contribution < -0.4 is 15.4 Å². The zero-order valence-electron chi connectivity index (χ0n) is 19.1. The molecule has 0 saturated carbocycles. The number of aliphatic imine (C=N–C) groups is 1. The summed E-state index contributed by atoms with van der Waals surface area (Å²) in [4.78, 5) is 4.64. The second kappa shape index (κ2) is 18.7. The average Bonchev–Trinajstić information content (AvgIpc) is 2.67. The Bertz CT molecular complexity index is 554. The molecule has 30 heavy (non-hydrogen) atoms. The molecule has 1 aromatic rings. The molecular formula is C22H40IN3O4. The molecule has 0 atom stereocenters. The van der Waals surface area contributed by atoms with Crippen molar-refractivity contribution in [3.8, 4) is 5.75 Å². The van der Waals surface area contributed by atoms with E-state index in [9.17, 15) is 0 Å². The third-order valence-electron chi connectivity index (χ3n) is 3.63. The minimum Gasteiger partial charge on any atom is -0.491 e. The van der Waals surface area contributed by atoms with Gasteiger partial charge in [-0.15, -0.1) is 24.0 Å². The van der Waals surface area contributed by atoms with Crippen LogP contribution in [0.4, 0.5) is 5.69 Å². The lowest BCUT2D eigenvalue weighted by atomic mass is 10.2. The molecule has 8 heteroatoms. The van der Waals surface area contributed by atoms with Gasteiger partial charge in [-0.05, 0) is 50.5 Å². The number of halogens is 1. The number of nitrogens with one attached hydrogen (secondary N) is 2. The summed E-state index contributed by atoms with van der Waals surface area (Å²) in [5.74, 6) is 2.13. The molecule has 0 amide bonds. The van der Waals surface area contributed by atoms with Gasteiger partial charge in [0.1, 0.15) is 5.75 Å². The number of hydrogen-bond acceptors (Lipinski definition) is 5. The van der Waals surface area contributed by atoms with Crippen molar-refractivity contribution >= 4 is 35.6 Å². The van der Waals surface area contributed by atoms with Crippen molar-refractivity contribution in [2.75, 3.05) is 58.6 Å². The third kappa shape index (κ3) is 15.7. The van der Waals surface area contributed by atoms with Crippen LogP contribution in [0, 0.1) is 5.92 Å². The van der Waals surface area contributed by atoms with Gasteiger partial charge in [-0.1, -0.05) is 13.8 Å². The Hall–Kier alpha value is -1.10. The van der Waals surface area contributed by atoms with Crippen molar-refractivity contribution in [3.05, 3.63) is 24.3 Å². The number of nitrogens with zero attached hydrogens (tertiary/aromatic N) is 1. The molecule has 0 aliphatic rings. The molecule has 0 radical (unpaired) electrons. The minimum atomic E-state index is 0. The van der Waals surface area contributed by atoms with Crippen molar-refractivity contribution in [2.45, 2.75) is 40.2 Å². The summed E-state index contributed by atoms with van der Waals surface area (Å²) in [7, 11) is 1.67. The number of anilines is 1. The Kier molecular flexibility index (Phi) is 18.0. The predicted molar refractivity (Wildman–Crippen MR) is 135 cm³/mol. The number of benzene rings is 1. The number of guanidine groups is 1. The Labute approximate surface area is 199 Å². The number of ether oxygens (including phenoxy) is 4. The zero-order chi connectivity index (χ0) is 21.3. The van der Waals surface area contributed by atoms with E-state index in [1.165, 1.54) is 0 Å². The summed E-state index contributed by atoms with van der Waals surface area (Å²) in [6.45, 7) is 13.0. The van der Waals surface area contributed by atoms with Crippen LogP contribution in [0.15, 0.2) is 29.3 Å². The van der Waals surface area contributed by atoms with Crippen molar-refractivity contribution in [2.24, 2.45) is 10.9 Å². The van der Waals surface area contributed by atoms with Crippen LogP contribution in [0.1, 0.15) is 34.1 Å². The molecule has 0 bridgehead atoms. The lowest BCUT2D eigenvalue weighted by Crippen LogP contribution is -2.34. The SMILES string of the molecule is COCCOCCNC(=NCCCOCC(C)C)Nc1ccc(OC(C)C)cc1.I. The minimum absolute atomic E-state index is 0. The maximum atomic E-state index is 5.69. The van der Waals surface area contributed by atoms with Crippen molar-refractivity contribution in [1.29, 1.82) is 0 Å². The van der Waals surface area contributed by atoms with Gasteiger partial charge < -0.3 is 29.6 Å². The lowest BCUT2D eigenvalue weighted by Gasteiger charge is -2.14. The van der Waals surface area contributed by atoms with Crippen LogP contribution in [0.5, 0.6) is 5.75 Å². The normalized spacial score (nSPS) is 11.5. The Morgan fingerprint density at radius 1 is 0.967 bits per heavy atom. The molecule has 0 aliphatic carbocycles. The molecule has 7 nitrogen and oxygen atoms in total. The van der Waals surface area contributed by atoms with E-state index in [1.807, 2.05) is 38.1 Å². The fourth-order valence-electron chi connectivity index (χ4n) is 2.33. The second-order valence-corrected chi connectivity index (χ2v) is 7.40. The summed E-state index contributed by atoms with van der Waals surface area (Å²) in [6.07, 6.45) is 1.04. The molecule has 0 saturated heterocycles. The molecule has 0 aromatic heterocycles. The van der Waals surface area contributed by atoms with Crippen LogP contribution in [0.25, 0.3) is 0 Å². The first kappa shape index (κ1) is 28.9. The van der Waals surface area contributed by atoms with Gasteiger partial charge in [0.15, 0.2) is 5.96 Å². The maximum absolute atomic E-state index is 5.69. The zero-order valence-corrected chi connectivity index (χ0v) is 21.4. The van der Waals surface area contributed by atoms with Crippen molar-refractivity contribution in [3.63, 3.8) is 0 Å². The highest BCUT2D eigenvalue weighted by atomic mass is 127. The highest BCUT2D eigenvalue weighted by molar-refractivity contribution is 14.0. The molecule has 0 spiro atoms. The van der Waals surface area contributed by atoms with E-state index in [0.29, 0.717) is 38.8 Å². The van der Waals surface area contributed by atoms with E-state index in [-0.39, 0.29) is 30.1 Å². The standard InChI is InChI=1S/C22H39N3O4.HI/c1-18(2)17-28-13-6-11-23-22(24-12-14-27-16-15-26-5)25-20-7-9-21(10-8-20)29-19(3)4;/h7-10,18-19H,6,11-17H2,1-5H3,(H2,23,24,25);1H. The summed E-state index contributed by atoms with van der Waals surface area (Å²) in [5, 5.41) is 6.64. The Morgan fingerprint density at radius 2 is 1.70 bits per heavy atom. The molecule has 0 heterocycles. The summed E-state index contributed by atoms with van der Waals surface area (Å²) in [6, 6.07) is 7.87. The van der Waals surface area contributed by atoms with E-state index in [0.717, 1.165) is 37.0 Å². The van der Waals surface area contributed by atoms with Gasteiger partial charge in [-0.2, -0.15) is 0 Å². The van der Waals surface area contributed by atoms with Crippen LogP contribution in [-0.4, -0.2) is 65.3 Å². The van der Waals surface area contributed by atoms with Gasteiger partial charge >= 0.3 is 0 Å². The van der Waals surface area contributed by atoms with Gasteiger partial charge in [0, 0.05) is 39.1 Å². The van der Waals surface area contributed by atoms with Crippen molar-refractivity contribution < 1.29 is 18.9 Å². The fraction of sp³-hybridized carbons (Fsp3) is 0.682. The summed E-state index contributed by atoms with van der Waals surface area (Å²) >= 11 is 0. The molecule has 1 rings (SSSR count). The number of methoxy groups -OCH3 is 1. The quantitative estimate of drug-likeness (QED) is 0.152. The topological polar surface area (TPSA) is 73.3 Å². The first-order chi connectivity index (χ1) is 14.0. The van der Waals surface area contributed by atoms with Crippen LogP contribution >= 0.6 is 24.0 Å². The van der Waals surface area contributed by atoms with Gasteiger partial charge in [0.05, 0.1) is 25.9 Å². The van der Waals surface area contributed by atoms with Gasteiger partial charge in [0.25, 0.3) is 0 Å². The number of hydrogen-bond donors (Lipinski definition) is 2. The number of rotatable bonds is 15. The van der Waals surface area contributed by atoms with Gasteiger partial charge in [0.2, 0.25) is 0 Å².